The zero-order chi connectivity index (χ0) is 21.5. The van der Waals surface area contributed by atoms with Crippen LogP contribution >= 0.6 is 0 Å². The lowest BCUT2D eigenvalue weighted by molar-refractivity contribution is -0.153. The topological polar surface area (TPSA) is 60.9 Å². The van der Waals surface area contributed by atoms with E-state index in [9.17, 15) is 27.6 Å². The van der Waals surface area contributed by atoms with Crippen molar-refractivity contribution in [1.82, 2.24) is 14.7 Å². The second-order valence-corrected chi connectivity index (χ2v) is 8.15. The third-order valence-electron chi connectivity index (χ3n) is 6.23. The molecule has 162 valence electrons. The summed E-state index contributed by atoms with van der Waals surface area (Å²) >= 11 is 0. The van der Waals surface area contributed by atoms with Crippen molar-refractivity contribution in [2.24, 2.45) is 5.92 Å². The number of hydrogen-bond acceptors (Lipinski definition) is 3. The number of alkyl halides is 3. The molecule has 3 fully saturated rings. The summed E-state index contributed by atoms with van der Waals surface area (Å²) in [6, 6.07) is 5.41. The van der Waals surface area contributed by atoms with E-state index >= 15 is 0 Å². The lowest BCUT2D eigenvalue weighted by Gasteiger charge is -2.35. The van der Waals surface area contributed by atoms with Crippen LogP contribution in [0.1, 0.15) is 36.3 Å². The van der Waals surface area contributed by atoms with E-state index in [1.807, 2.05) is 0 Å². The van der Waals surface area contributed by atoms with Crippen molar-refractivity contribution in [3.05, 3.63) is 35.4 Å². The molecular formula is C21H24F3N3O3. The van der Waals surface area contributed by atoms with Crippen LogP contribution in [0.3, 0.4) is 0 Å². The fraction of sp³-hybridized carbons (Fsp3) is 0.571. The molecule has 3 aliphatic rings. The Hall–Kier alpha value is -2.58. The first-order valence-electron chi connectivity index (χ1n) is 10.3. The fourth-order valence-corrected chi connectivity index (χ4v) is 4.45. The van der Waals surface area contributed by atoms with Crippen molar-refractivity contribution in [3.8, 4) is 0 Å². The maximum atomic E-state index is 13.3. The number of hydrogen-bond donors (Lipinski definition) is 0. The SMILES string of the molecule is O=C(C(=O)N1CCN(C(=O)C2CC2c2ccccc2C(F)(F)F)CC1)N1CCCC1. The Morgan fingerprint density at radius 2 is 1.33 bits per heavy atom. The Morgan fingerprint density at radius 1 is 0.800 bits per heavy atom. The fourth-order valence-electron chi connectivity index (χ4n) is 4.45. The molecule has 2 saturated heterocycles. The van der Waals surface area contributed by atoms with E-state index in [4.69, 9.17) is 0 Å². The van der Waals surface area contributed by atoms with Gasteiger partial charge in [-0.2, -0.15) is 13.2 Å². The van der Waals surface area contributed by atoms with Gasteiger partial charge in [0.15, 0.2) is 0 Å². The molecule has 30 heavy (non-hydrogen) atoms. The van der Waals surface area contributed by atoms with E-state index in [0.717, 1.165) is 18.9 Å². The molecule has 1 saturated carbocycles. The van der Waals surface area contributed by atoms with Gasteiger partial charge in [-0.3, -0.25) is 14.4 Å². The third kappa shape index (κ3) is 4.02. The summed E-state index contributed by atoms with van der Waals surface area (Å²) in [6.45, 7) is 2.32. The summed E-state index contributed by atoms with van der Waals surface area (Å²) in [7, 11) is 0. The Bertz CT molecular complexity index is 843. The number of amides is 3. The predicted molar refractivity (Wildman–Crippen MR) is 101 cm³/mol. The molecule has 0 bridgehead atoms. The minimum absolute atomic E-state index is 0.171. The maximum Gasteiger partial charge on any atom is 0.416 e. The second-order valence-electron chi connectivity index (χ2n) is 8.15. The summed E-state index contributed by atoms with van der Waals surface area (Å²) in [5, 5.41) is 0. The molecule has 0 radical (unpaired) electrons. The average molecular weight is 423 g/mol. The largest absolute Gasteiger partial charge is 0.416 e. The van der Waals surface area contributed by atoms with Crippen LogP contribution in [0.4, 0.5) is 13.2 Å². The van der Waals surface area contributed by atoms with Crippen molar-refractivity contribution in [3.63, 3.8) is 0 Å². The molecule has 3 amide bonds. The van der Waals surface area contributed by atoms with Crippen LogP contribution in [0.2, 0.25) is 0 Å². The van der Waals surface area contributed by atoms with Gasteiger partial charge < -0.3 is 14.7 Å². The highest BCUT2D eigenvalue weighted by Gasteiger charge is 2.49. The Morgan fingerprint density at radius 3 is 1.93 bits per heavy atom. The number of benzene rings is 1. The first kappa shape index (κ1) is 20.7. The molecule has 2 unspecified atom stereocenters. The van der Waals surface area contributed by atoms with Gasteiger partial charge in [-0.05, 0) is 36.8 Å². The molecule has 1 aliphatic carbocycles. The van der Waals surface area contributed by atoms with Gasteiger partial charge in [0.2, 0.25) is 5.91 Å². The van der Waals surface area contributed by atoms with Gasteiger partial charge in [-0.1, -0.05) is 18.2 Å². The molecule has 4 rings (SSSR count). The predicted octanol–water partition coefficient (Wildman–Crippen LogP) is 2.10. The molecule has 1 aromatic rings. The molecule has 2 atom stereocenters. The number of piperazine rings is 1. The smallest absolute Gasteiger partial charge is 0.339 e. The highest BCUT2D eigenvalue weighted by molar-refractivity contribution is 6.35. The van der Waals surface area contributed by atoms with Crippen LogP contribution in [0.25, 0.3) is 0 Å². The number of halogens is 3. The van der Waals surface area contributed by atoms with Crippen molar-refractivity contribution in [2.75, 3.05) is 39.3 Å². The van der Waals surface area contributed by atoms with Gasteiger partial charge in [0.05, 0.1) is 5.56 Å². The van der Waals surface area contributed by atoms with Crippen LogP contribution in [-0.2, 0) is 20.6 Å². The van der Waals surface area contributed by atoms with Crippen molar-refractivity contribution in [2.45, 2.75) is 31.4 Å². The van der Waals surface area contributed by atoms with E-state index in [0.29, 0.717) is 32.6 Å². The van der Waals surface area contributed by atoms with Gasteiger partial charge in [0.25, 0.3) is 0 Å². The summed E-state index contributed by atoms with van der Waals surface area (Å²) in [5.41, 5.74) is -0.505. The van der Waals surface area contributed by atoms with Gasteiger partial charge in [-0.15, -0.1) is 0 Å². The number of carbonyl (C=O) groups excluding carboxylic acids is 3. The van der Waals surface area contributed by atoms with Gasteiger partial charge in [0, 0.05) is 45.2 Å². The molecule has 0 aromatic heterocycles. The van der Waals surface area contributed by atoms with E-state index in [1.54, 1.807) is 15.9 Å². The molecule has 0 spiro atoms. The minimum atomic E-state index is -4.44. The van der Waals surface area contributed by atoms with Crippen LogP contribution in [0.5, 0.6) is 0 Å². The minimum Gasteiger partial charge on any atom is -0.339 e. The monoisotopic (exact) mass is 423 g/mol. The lowest BCUT2D eigenvalue weighted by Crippen LogP contribution is -2.54. The number of nitrogens with zero attached hydrogens (tertiary/aromatic N) is 3. The summed E-state index contributed by atoms with van der Waals surface area (Å²) in [5.74, 6) is -2.07. The Kier molecular flexibility index (Phi) is 5.46. The zero-order valence-electron chi connectivity index (χ0n) is 16.5. The Balaban J connectivity index is 1.33. The van der Waals surface area contributed by atoms with E-state index < -0.39 is 35.4 Å². The van der Waals surface area contributed by atoms with Gasteiger partial charge in [0.1, 0.15) is 0 Å². The zero-order valence-corrected chi connectivity index (χ0v) is 16.5. The standard InChI is InChI=1S/C21H24F3N3O3/c22-21(23,24)17-6-2-1-5-14(17)15-13-16(15)18(28)26-9-11-27(12-10-26)20(30)19(29)25-7-3-4-8-25/h1-2,5-6,15-16H,3-4,7-13H2. The molecule has 1 aromatic carbocycles. The summed E-state index contributed by atoms with van der Waals surface area (Å²) in [6.07, 6.45) is -2.23. The van der Waals surface area contributed by atoms with Gasteiger partial charge >= 0.3 is 18.0 Å². The van der Waals surface area contributed by atoms with Gasteiger partial charge in [-0.25, -0.2) is 0 Å². The van der Waals surface area contributed by atoms with Crippen LogP contribution in [0, 0.1) is 5.92 Å². The third-order valence-corrected chi connectivity index (χ3v) is 6.23. The van der Waals surface area contributed by atoms with Crippen molar-refractivity contribution < 1.29 is 27.6 Å². The van der Waals surface area contributed by atoms with Crippen LogP contribution in [0.15, 0.2) is 24.3 Å². The molecular weight excluding hydrogens is 399 g/mol. The highest BCUT2D eigenvalue weighted by Crippen LogP contribution is 2.51. The molecule has 0 N–H and O–H groups in total. The Labute approximate surface area is 172 Å². The van der Waals surface area contributed by atoms with Crippen LogP contribution < -0.4 is 0 Å². The van der Waals surface area contributed by atoms with E-state index in [1.165, 1.54) is 17.0 Å². The van der Waals surface area contributed by atoms with Crippen molar-refractivity contribution >= 4 is 17.7 Å². The lowest BCUT2D eigenvalue weighted by atomic mass is 10.0. The van der Waals surface area contributed by atoms with Crippen LogP contribution in [-0.4, -0.2) is 71.7 Å². The number of likely N-dealkylation sites (tertiary alicyclic amines) is 1. The normalized spacial score (nSPS) is 24.2. The number of rotatable bonds is 2. The first-order chi connectivity index (χ1) is 14.3. The molecule has 9 heteroatoms. The average Bonchev–Trinajstić information content (AvgIpc) is 3.35. The quantitative estimate of drug-likeness (QED) is 0.685. The molecule has 6 nitrogen and oxygen atoms in total. The maximum absolute atomic E-state index is 13.3. The molecule has 2 aliphatic heterocycles. The molecule has 2 heterocycles. The number of carbonyl (C=O) groups is 3. The summed E-state index contributed by atoms with van der Waals surface area (Å²) in [4.78, 5) is 42.1. The first-order valence-corrected chi connectivity index (χ1v) is 10.3. The van der Waals surface area contributed by atoms with Crippen molar-refractivity contribution in [1.29, 1.82) is 0 Å². The summed E-state index contributed by atoms with van der Waals surface area (Å²) < 4.78 is 39.8. The van der Waals surface area contributed by atoms with E-state index in [2.05, 4.69) is 0 Å². The van der Waals surface area contributed by atoms with E-state index in [-0.39, 0.29) is 24.6 Å². The second kappa shape index (κ2) is 7.92. The highest BCUT2D eigenvalue weighted by atomic mass is 19.4.